The fraction of sp³-hybridized carbons (Fsp3) is 0.571. The lowest BCUT2D eigenvalue weighted by Gasteiger charge is -2.36. The Kier molecular flexibility index (Phi) is 8.94. The Morgan fingerprint density at radius 2 is 1.94 bits per heavy atom. The zero-order valence-electron chi connectivity index (χ0n) is 17.7. The number of carbonyl (C=O) groups excluding carboxylic acids is 1. The number of benzene rings is 1. The molecule has 176 valence electrons. The van der Waals surface area contributed by atoms with Crippen molar-refractivity contribution >= 4 is 5.91 Å². The second-order valence-electron chi connectivity index (χ2n) is 7.79. The Balaban J connectivity index is 1.45. The molecule has 0 radical (unpaired) electrons. The Bertz CT molecular complexity index is 845. The Morgan fingerprint density at radius 3 is 2.66 bits per heavy atom. The highest BCUT2D eigenvalue weighted by Gasteiger charge is 2.37. The van der Waals surface area contributed by atoms with E-state index in [0.29, 0.717) is 12.2 Å². The summed E-state index contributed by atoms with van der Waals surface area (Å²) in [4.78, 5) is 10.9. The van der Waals surface area contributed by atoms with Gasteiger partial charge in [-0.2, -0.15) is 0 Å². The Morgan fingerprint density at radius 1 is 1.19 bits per heavy atom. The number of nitrogens with zero attached hydrogens (tertiary/aromatic N) is 3. The number of rotatable bonds is 11. The van der Waals surface area contributed by atoms with Crippen molar-refractivity contribution in [1.82, 2.24) is 20.5 Å². The lowest BCUT2D eigenvalue weighted by atomic mass is 10.0. The van der Waals surface area contributed by atoms with Gasteiger partial charge in [-0.05, 0) is 37.1 Å². The standard InChI is InChI=1S/C21H30N4O7/c26-13-18-21(29)17(27)11-20(32-18)31-15-8-6-14(7-9-15)16-12-25(24-22-16)10-4-2-1-3-5-19(28)23-30/h6-9,12,17-18,20-21,26-27,29-30H,1-5,10-11,13H2,(H,23,28)/t17-,18-,20+,21+/m1/s1. The summed E-state index contributed by atoms with van der Waals surface area (Å²) in [6.45, 7) is 0.313. The van der Waals surface area contributed by atoms with Gasteiger partial charge in [0, 0.05) is 24.9 Å². The van der Waals surface area contributed by atoms with Gasteiger partial charge in [0.2, 0.25) is 12.2 Å². The predicted octanol–water partition coefficient (Wildman–Crippen LogP) is 0.609. The largest absolute Gasteiger partial charge is 0.465 e. The summed E-state index contributed by atoms with van der Waals surface area (Å²) in [7, 11) is 0. The van der Waals surface area contributed by atoms with Crippen molar-refractivity contribution in [2.24, 2.45) is 0 Å². The molecule has 1 aromatic carbocycles. The van der Waals surface area contributed by atoms with Crippen molar-refractivity contribution in [1.29, 1.82) is 0 Å². The third kappa shape index (κ3) is 6.71. The van der Waals surface area contributed by atoms with E-state index in [2.05, 4.69) is 10.3 Å². The van der Waals surface area contributed by atoms with Crippen molar-refractivity contribution < 1.29 is 34.8 Å². The molecule has 5 N–H and O–H groups in total. The highest BCUT2D eigenvalue weighted by molar-refractivity contribution is 5.74. The zero-order valence-corrected chi connectivity index (χ0v) is 17.7. The monoisotopic (exact) mass is 450 g/mol. The molecule has 1 aliphatic rings. The first-order valence-electron chi connectivity index (χ1n) is 10.7. The van der Waals surface area contributed by atoms with E-state index in [1.54, 1.807) is 22.3 Å². The van der Waals surface area contributed by atoms with E-state index >= 15 is 0 Å². The van der Waals surface area contributed by atoms with Crippen LogP contribution in [-0.4, -0.2) is 72.6 Å². The number of nitrogens with one attached hydrogen (secondary N) is 1. The highest BCUT2D eigenvalue weighted by Crippen LogP contribution is 2.25. The number of carbonyl (C=O) groups is 1. The average Bonchev–Trinajstić information content (AvgIpc) is 3.27. The van der Waals surface area contributed by atoms with Crippen LogP contribution in [0.25, 0.3) is 11.3 Å². The molecule has 4 atom stereocenters. The molecule has 1 aliphatic heterocycles. The van der Waals surface area contributed by atoms with Crippen LogP contribution in [0.15, 0.2) is 30.5 Å². The summed E-state index contributed by atoms with van der Waals surface area (Å²) in [5.41, 5.74) is 3.22. The summed E-state index contributed by atoms with van der Waals surface area (Å²) in [6, 6.07) is 7.19. The van der Waals surface area contributed by atoms with Crippen molar-refractivity contribution in [2.45, 2.75) is 69.7 Å². The molecule has 0 saturated carbocycles. The number of hydrogen-bond acceptors (Lipinski definition) is 9. The van der Waals surface area contributed by atoms with E-state index in [-0.39, 0.29) is 12.3 Å². The number of aromatic nitrogens is 3. The lowest BCUT2D eigenvalue weighted by molar-refractivity contribution is -0.229. The van der Waals surface area contributed by atoms with Crippen molar-refractivity contribution in [3.05, 3.63) is 30.5 Å². The van der Waals surface area contributed by atoms with E-state index in [0.717, 1.165) is 43.5 Å². The summed E-state index contributed by atoms with van der Waals surface area (Å²) in [6.07, 6.45) is 1.95. The third-order valence-corrected chi connectivity index (χ3v) is 5.34. The molecular formula is C21H30N4O7. The van der Waals surface area contributed by atoms with E-state index < -0.39 is 31.2 Å². The van der Waals surface area contributed by atoms with Gasteiger partial charge in [-0.15, -0.1) is 5.10 Å². The molecule has 11 nitrogen and oxygen atoms in total. The molecule has 1 fully saturated rings. The first-order chi connectivity index (χ1) is 15.5. The summed E-state index contributed by atoms with van der Waals surface area (Å²) in [5.74, 6) is 0.167. The minimum absolute atomic E-state index is 0.0996. The second kappa shape index (κ2) is 11.9. The minimum atomic E-state index is -1.14. The predicted molar refractivity (Wildman–Crippen MR) is 111 cm³/mol. The fourth-order valence-corrected chi connectivity index (χ4v) is 3.51. The van der Waals surface area contributed by atoms with Crippen LogP contribution in [0, 0.1) is 0 Å². The smallest absolute Gasteiger partial charge is 0.243 e. The lowest BCUT2D eigenvalue weighted by Crippen LogP contribution is -2.51. The SMILES string of the molecule is O=C(CCCCCCn1cc(-c2ccc(O[C@@H]3C[C@@H](O)[C@H](O)[C@@H](CO)O3)cc2)nn1)NO. The van der Waals surface area contributed by atoms with Crippen LogP contribution in [0.4, 0.5) is 0 Å². The highest BCUT2D eigenvalue weighted by atomic mass is 16.7. The topological polar surface area (TPSA) is 159 Å². The molecule has 32 heavy (non-hydrogen) atoms. The molecule has 1 saturated heterocycles. The maximum Gasteiger partial charge on any atom is 0.243 e. The van der Waals surface area contributed by atoms with Crippen molar-refractivity contribution in [3.63, 3.8) is 0 Å². The van der Waals surface area contributed by atoms with Gasteiger partial charge >= 0.3 is 0 Å². The molecule has 0 unspecified atom stereocenters. The van der Waals surface area contributed by atoms with Gasteiger partial charge in [0.1, 0.15) is 23.7 Å². The maximum absolute atomic E-state index is 10.9. The minimum Gasteiger partial charge on any atom is -0.465 e. The van der Waals surface area contributed by atoms with Gasteiger partial charge < -0.3 is 24.8 Å². The van der Waals surface area contributed by atoms with Gasteiger partial charge in [0.15, 0.2) is 0 Å². The maximum atomic E-state index is 10.9. The third-order valence-electron chi connectivity index (χ3n) is 5.34. The molecule has 2 heterocycles. The van der Waals surface area contributed by atoms with Crippen LogP contribution in [0.1, 0.15) is 38.5 Å². The quantitative estimate of drug-likeness (QED) is 0.188. The molecule has 11 heteroatoms. The van der Waals surface area contributed by atoms with Crippen LogP contribution in [-0.2, 0) is 16.1 Å². The van der Waals surface area contributed by atoms with Gasteiger partial charge in [-0.25, -0.2) is 5.48 Å². The van der Waals surface area contributed by atoms with Crippen LogP contribution in [0.2, 0.25) is 0 Å². The van der Waals surface area contributed by atoms with E-state index in [4.69, 9.17) is 14.7 Å². The first-order valence-corrected chi connectivity index (χ1v) is 10.7. The number of aliphatic hydroxyl groups excluding tert-OH is 3. The number of unbranched alkanes of at least 4 members (excludes halogenated alkanes) is 3. The number of aryl methyl sites for hydroxylation is 1. The van der Waals surface area contributed by atoms with E-state index in [1.807, 2.05) is 18.3 Å². The van der Waals surface area contributed by atoms with E-state index in [1.165, 1.54) is 0 Å². The molecule has 1 aromatic heterocycles. The molecule has 3 rings (SSSR count). The van der Waals surface area contributed by atoms with Gasteiger partial charge in [-0.3, -0.25) is 14.7 Å². The summed E-state index contributed by atoms with van der Waals surface area (Å²) in [5, 5.41) is 45.7. The Labute approximate surface area is 185 Å². The zero-order chi connectivity index (χ0) is 22.9. The molecule has 0 spiro atoms. The number of aliphatic hydroxyl groups is 3. The Hall–Kier alpha value is -2.57. The molecule has 2 aromatic rings. The van der Waals surface area contributed by atoms with E-state index in [9.17, 15) is 20.1 Å². The number of ether oxygens (including phenoxy) is 2. The molecule has 1 amide bonds. The molecule has 0 aliphatic carbocycles. The van der Waals surface area contributed by atoms with Crippen LogP contribution >= 0.6 is 0 Å². The number of hydrogen-bond donors (Lipinski definition) is 5. The van der Waals surface area contributed by atoms with Crippen LogP contribution < -0.4 is 10.2 Å². The van der Waals surface area contributed by atoms with Crippen molar-refractivity contribution in [2.75, 3.05) is 6.61 Å². The fourth-order valence-electron chi connectivity index (χ4n) is 3.51. The second-order valence-corrected chi connectivity index (χ2v) is 7.79. The summed E-state index contributed by atoms with van der Waals surface area (Å²) < 4.78 is 13.0. The van der Waals surface area contributed by atoms with Crippen molar-refractivity contribution in [3.8, 4) is 17.0 Å². The van der Waals surface area contributed by atoms with Gasteiger partial charge in [0.05, 0.1) is 18.9 Å². The van der Waals surface area contributed by atoms with Gasteiger partial charge in [0.25, 0.3) is 0 Å². The summed E-state index contributed by atoms with van der Waals surface area (Å²) >= 11 is 0. The average molecular weight is 450 g/mol. The normalized spacial score (nSPS) is 23.1. The van der Waals surface area contributed by atoms with Gasteiger partial charge in [-0.1, -0.05) is 18.1 Å². The number of hydroxylamine groups is 1. The van der Waals surface area contributed by atoms with Crippen LogP contribution in [0.3, 0.4) is 0 Å². The molecule has 0 bridgehead atoms. The molecular weight excluding hydrogens is 420 g/mol. The van der Waals surface area contributed by atoms with Crippen LogP contribution in [0.5, 0.6) is 5.75 Å². The first kappa shape index (κ1) is 24.1. The number of amides is 1.